The standard InChI is InChI=1S/C14H13NO4/c1-9-7-8-11(19-9)13(16)15-12(14(17)18)10-5-3-2-4-6-10/h2-8,12H,1H3,(H,15,16)(H,17,18)/t12-/m1/s1. The van der Waals surface area contributed by atoms with Crippen LogP contribution in [-0.4, -0.2) is 17.0 Å². The molecule has 0 unspecified atom stereocenters. The number of amides is 1. The summed E-state index contributed by atoms with van der Waals surface area (Å²) in [6, 6.07) is 10.6. The average molecular weight is 259 g/mol. The first-order valence-electron chi connectivity index (χ1n) is 5.73. The summed E-state index contributed by atoms with van der Waals surface area (Å²) in [5.74, 6) is -0.983. The Balaban J connectivity index is 2.18. The molecular formula is C14H13NO4. The Morgan fingerprint density at radius 1 is 1.16 bits per heavy atom. The van der Waals surface area contributed by atoms with Crippen LogP contribution < -0.4 is 5.32 Å². The highest BCUT2D eigenvalue weighted by Crippen LogP contribution is 2.14. The second-order valence-electron chi connectivity index (χ2n) is 4.07. The number of carbonyl (C=O) groups excluding carboxylic acids is 1. The molecule has 1 aromatic carbocycles. The molecule has 0 aliphatic rings. The molecule has 2 N–H and O–H groups in total. The van der Waals surface area contributed by atoms with Gasteiger partial charge >= 0.3 is 5.97 Å². The average Bonchev–Trinajstić information content (AvgIpc) is 2.83. The van der Waals surface area contributed by atoms with Crippen molar-refractivity contribution in [3.05, 3.63) is 59.5 Å². The second-order valence-corrected chi connectivity index (χ2v) is 4.07. The molecule has 0 radical (unpaired) electrons. The first kappa shape index (κ1) is 12.9. The first-order valence-corrected chi connectivity index (χ1v) is 5.73. The minimum atomic E-state index is -1.12. The number of hydrogen-bond donors (Lipinski definition) is 2. The first-order chi connectivity index (χ1) is 9.08. The van der Waals surface area contributed by atoms with Crippen molar-refractivity contribution < 1.29 is 19.1 Å². The van der Waals surface area contributed by atoms with Crippen LogP contribution in [0.4, 0.5) is 0 Å². The zero-order valence-electron chi connectivity index (χ0n) is 10.3. The van der Waals surface area contributed by atoms with Gasteiger partial charge in [0.05, 0.1) is 0 Å². The van der Waals surface area contributed by atoms with Crippen molar-refractivity contribution in [3.8, 4) is 0 Å². The lowest BCUT2D eigenvalue weighted by Crippen LogP contribution is -2.33. The Hall–Kier alpha value is -2.56. The van der Waals surface area contributed by atoms with E-state index in [2.05, 4.69) is 5.32 Å². The zero-order chi connectivity index (χ0) is 13.8. The van der Waals surface area contributed by atoms with E-state index in [-0.39, 0.29) is 5.76 Å². The Labute approximate surface area is 109 Å². The third-order valence-electron chi connectivity index (χ3n) is 2.62. The fourth-order valence-corrected chi connectivity index (χ4v) is 1.69. The molecule has 0 saturated carbocycles. The van der Waals surface area contributed by atoms with E-state index in [1.54, 1.807) is 43.3 Å². The van der Waals surface area contributed by atoms with Gasteiger partial charge in [0.1, 0.15) is 5.76 Å². The number of nitrogens with one attached hydrogen (secondary N) is 1. The molecule has 0 aliphatic heterocycles. The topological polar surface area (TPSA) is 79.5 Å². The van der Waals surface area contributed by atoms with Crippen LogP contribution in [0.5, 0.6) is 0 Å². The van der Waals surface area contributed by atoms with Crippen LogP contribution >= 0.6 is 0 Å². The van der Waals surface area contributed by atoms with E-state index in [4.69, 9.17) is 4.42 Å². The molecule has 5 heteroatoms. The maximum absolute atomic E-state index is 11.9. The summed E-state index contributed by atoms with van der Waals surface area (Å²) in [4.78, 5) is 23.1. The van der Waals surface area contributed by atoms with Crippen LogP contribution in [0.1, 0.15) is 27.9 Å². The maximum atomic E-state index is 11.9. The van der Waals surface area contributed by atoms with Gasteiger partial charge in [0.25, 0.3) is 5.91 Å². The summed E-state index contributed by atoms with van der Waals surface area (Å²) in [5.41, 5.74) is 0.506. The molecule has 1 amide bonds. The number of furan rings is 1. The van der Waals surface area contributed by atoms with Crippen LogP contribution in [-0.2, 0) is 4.79 Å². The monoisotopic (exact) mass is 259 g/mol. The van der Waals surface area contributed by atoms with Crippen LogP contribution in [0.15, 0.2) is 46.9 Å². The summed E-state index contributed by atoms with van der Waals surface area (Å²) < 4.78 is 5.16. The molecule has 0 aliphatic carbocycles. The number of benzene rings is 1. The Bertz CT molecular complexity index is 589. The van der Waals surface area contributed by atoms with Gasteiger partial charge in [-0.3, -0.25) is 4.79 Å². The zero-order valence-corrected chi connectivity index (χ0v) is 10.3. The lowest BCUT2D eigenvalue weighted by atomic mass is 10.1. The molecule has 5 nitrogen and oxygen atoms in total. The summed E-state index contributed by atoms with van der Waals surface area (Å²) in [6.45, 7) is 1.71. The largest absolute Gasteiger partial charge is 0.479 e. The minimum Gasteiger partial charge on any atom is -0.479 e. The predicted octanol–water partition coefficient (Wildman–Crippen LogP) is 2.14. The van der Waals surface area contributed by atoms with Gasteiger partial charge in [0, 0.05) is 0 Å². The molecule has 2 aromatic rings. The third-order valence-corrected chi connectivity index (χ3v) is 2.62. The van der Waals surface area contributed by atoms with Crippen molar-refractivity contribution in [2.24, 2.45) is 0 Å². The molecule has 1 heterocycles. The highest BCUT2D eigenvalue weighted by molar-refractivity contribution is 5.94. The number of carboxylic acid groups (broad SMARTS) is 1. The van der Waals surface area contributed by atoms with Crippen LogP contribution in [0.25, 0.3) is 0 Å². The molecule has 0 spiro atoms. The smallest absolute Gasteiger partial charge is 0.330 e. The predicted molar refractivity (Wildman–Crippen MR) is 67.7 cm³/mol. The van der Waals surface area contributed by atoms with Gasteiger partial charge in [0.2, 0.25) is 0 Å². The normalized spacial score (nSPS) is 11.8. The highest BCUT2D eigenvalue weighted by atomic mass is 16.4. The van der Waals surface area contributed by atoms with Crippen molar-refractivity contribution in [1.29, 1.82) is 0 Å². The lowest BCUT2D eigenvalue weighted by Gasteiger charge is -2.13. The summed E-state index contributed by atoms with van der Waals surface area (Å²) >= 11 is 0. The van der Waals surface area contributed by atoms with Crippen molar-refractivity contribution in [1.82, 2.24) is 5.32 Å². The minimum absolute atomic E-state index is 0.0969. The van der Waals surface area contributed by atoms with Gasteiger partial charge in [-0.05, 0) is 24.6 Å². The van der Waals surface area contributed by atoms with Gasteiger partial charge in [-0.2, -0.15) is 0 Å². The SMILES string of the molecule is Cc1ccc(C(=O)N[C@@H](C(=O)O)c2ccccc2)o1. The van der Waals surface area contributed by atoms with Crippen molar-refractivity contribution in [2.75, 3.05) is 0 Å². The molecule has 0 fully saturated rings. The summed E-state index contributed by atoms with van der Waals surface area (Å²) in [6.07, 6.45) is 0. The Kier molecular flexibility index (Phi) is 3.66. The van der Waals surface area contributed by atoms with Crippen LogP contribution in [0.2, 0.25) is 0 Å². The number of carbonyl (C=O) groups is 2. The van der Waals surface area contributed by atoms with Gasteiger partial charge in [-0.15, -0.1) is 0 Å². The quantitative estimate of drug-likeness (QED) is 0.881. The number of aliphatic carboxylic acids is 1. The fraction of sp³-hybridized carbons (Fsp3) is 0.143. The highest BCUT2D eigenvalue weighted by Gasteiger charge is 2.23. The number of carboxylic acids is 1. The summed E-state index contributed by atoms with van der Waals surface area (Å²) in [5, 5.41) is 11.6. The van der Waals surface area contributed by atoms with Crippen LogP contribution in [0, 0.1) is 6.92 Å². The van der Waals surface area contributed by atoms with Crippen molar-refractivity contribution >= 4 is 11.9 Å². The van der Waals surface area contributed by atoms with Crippen molar-refractivity contribution in [3.63, 3.8) is 0 Å². The van der Waals surface area contributed by atoms with Gasteiger partial charge in [0.15, 0.2) is 11.8 Å². The molecular weight excluding hydrogens is 246 g/mol. The molecule has 1 aromatic heterocycles. The van der Waals surface area contributed by atoms with E-state index in [1.807, 2.05) is 0 Å². The number of rotatable bonds is 4. The number of hydrogen-bond acceptors (Lipinski definition) is 3. The van der Waals surface area contributed by atoms with E-state index < -0.39 is 17.9 Å². The molecule has 19 heavy (non-hydrogen) atoms. The van der Waals surface area contributed by atoms with Crippen molar-refractivity contribution in [2.45, 2.75) is 13.0 Å². The second kappa shape index (κ2) is 5.39. The van der Waals surface area contributed by atoms with E-state index in [0.29, 0.717) is 11.3 Å². The van der Waals surface area contributed by atoms with Gasteiger partial charge in [-0.25, -0.2) is 4.79 Å². The fourth-order valence-electron chi connectivity index (χ4n) is 1.69. The van der Waals surface area contributed by atoms with Gasteiger partial charge < -0.3 is 14.8 Å². The Morgan fingerprint density at radius 3 is 2.37 bits per heavy atom. The molecule has 98 valence electrons. The van der Waals surface area contributed by atoms with E-state index in [1.165, 1.54) is 6.07 Å². The van der Waals surface area contributed by atoms with Gasteiger partial charge in [-0.1, -0.05) is 30.3 Å². The number of aryl methyl sites for hydroxylation is 1. The Morgan fingerprint density at radius 2 is 1.84 bits per heavy atom. The maximum Gasteiger partial charge on any atom is 0.330 e. The third kappa shape index (κ3) is 3.01. The van der Waals surface area contributed by atoms with E-state index >= 15 is 0 Å². The lowest BCUT2D eigenvalue weighted by molar-refractivity contribution is -0.139. The molecule has 2 rings (SSSR count). The summed E-state index contributed by atoms with van der Waals surface area (Å²) in [7, 11) is 0. The van der Waals surface area contributed by atoms with Crippen LogP contribution in [0.3, 0.4) is 0 Å². The van der Waals surface area contributed by atoms with E-state index in [0.717, 1.165) is 0 Å². The molecule has 1 atom stereocenters. The molecule has 0 bridgehead atoms. The van der Waals surface area contributed by atoms with E-state index in [9.17, 15) is 14.7 Å². The molecule has 0 saturated heterocycles.